The van der Waals surface area contributed by atoms with Crippen molar-refractivity contribution in [3.05, 3.63) is 66.2 Å². The number of hydrogen-bond acceptors (Lipinski definition) is 6. The van der Waals surface area contributed by atoms with Crippen LogP contribution in [0, 0.1) is 0 Å². The van der Waals surface area contributed by atoms with Crippen LogP contribution in [-0.4, -0.2) is 36.3 Å². The highest BCUT2D eigenvalue weighted by molar-refractivity contribution is 5.76. The Hall–Kier alpha value is -3.46. The number of rotatable bonds is 10. The van der Waals surface area contributed by atoms with E-state index >= 15 is 0 Å². The van der Waals surface area contributed by atoms with Gasteiger partial charge in [-0.15, -0.1) is 0 Å². The molecule has 0 saturated carbocycles. The van der Waals surface area contributed by atoms with Crippen LogP contribution >= 0.6 is 0 Å². The second kappa shape index (κ2) is 10.5. The van der Waals surface area contributed by atoms with Gasteiger partial charge in [0.15, 0.2) is 11.7 Å². The number of ether oxygens (including phenoxy) is 2. The quantitative estimate of drug-likeness (QED) is 0.507. The number of nitrogens with one attached hydrogen (secondary N) is 1. The summed E-state index contributed by atoms with van der Waals surface area (Å²) in [6, 6.07) is 12.9. The SMILES string of the molecule is COc1ccc(-c2cnc(CCC(=O)NCC(O)c3ccc(OC(F)F)cc3)o2)cc1. The molecule has 0 spiro atoms. The summed E-state index contributed by atoms with van der Waals surface area (Å²) in [6.07, 6.45) is 1.06. The Morgan fingerprint density at radius 3 is 2.45 bits per heavy atom. The fraction of sp³-hybridized carbons (Fsp3) is 0.273. The first-order valence-electron chi connectivity index (χ1n) is 9.53. The summed E-state index contributed by atoms with van der Waals surface area (Å²) < 4.78 is 39.4. The molecule has 0 radical (unpaired) electrons. The fourth-order valence-electron chi connectivity index (χ4n) is 2.82. The molecule has 1 heterocycles. The van der Waals surface area contributed by atoms with E-state index in [2.05, 4.69) is 15.0 Å². The lowest BCUT2D eigenvalue weighted by molar-refractivity contribution is -0.121. The van der Waals surface area contributed by atoms with E-state index < -0.39 is 12.7 Å². The van der Waals surface area contributed by atoms with E-state index in [0.717, 1.165) is 11.3 Å². The van der Waals surface area contributed by atoms with Crippen LogP contribution in [0.5, 0.6) is 11.5 Å². The molecule has 1 aromatic heterocycles. The van der Waals surface area contributed by atoms with Crippen molar-refractivity contribution in [1.29, 1.82) is 0 Å². The van der Waals surface area contributed by atoms with Crippen LogP contribution in [0.1, 0.15) is 24.0 Å². The molecule has 1 unspecified atom stereocenters. The summed E-state index contributed by atoms with van der Waals surface area (Å²) in [6.45, 7) is -2.93. The van der Waals surface area contributed by atoms with E-state index in [0.29, 0.717) is 23.6 Å². The van der Waals surface area contributed by atoms with Gasteiger partial charge in [0.1, 0.15) is 11.5 Å². The predicted octanol–water partition coefficient (Wildman–Crippen LogP) is 3.73. The minimum Gasteiger partial charge on any atom is -0.497 e. The summed E-state index contributed by atoms with van der Waals surface area (Å²) >= 11 is 0. The molecule has 0 bridgehead atoms. The molecule has 3 rings (SSSR count). The highest BCUT2D eigenvalue weighted by Gasteiger charge is 2.13. The van der Waals surface area contributed by atoms with Gasteiger partial charge in [-0.3, -0.25) is 4.79 Å². The zero-order valence-electron chi connectivity index (χ0n) is 16.8. The Morgan fingerprint density at radius 2 is 1.81 bits per heavy atom. The second-order valence-electron chi connectivity index (χ2n) is 6.61. The Balaban J connectivity index is 1.44. The van der Waals surface area contributed by atoms with Crippen molar-refractivity contribution in [1.82, 2.24) is 10.3 Å². The number of benzene rings is 2. The van der Waals surface area contributed by atoms with Crippen LogP contribution in [0.3, 0.4) is 0 Å². The Labute approximate surface area is 177 Å². The van der Waals surface area contributed by atoms with Crippen LogP contribution in [0.15, 0.2) is 59.1 Å². The Kier molecular flexibility index (Phi) is 7.55. The maximum Gasteiger partial charge on any atom is 0.387 e. The number of nitrogens with zero attached hydrogens (tertiary/aromatic N) is 1. The lowest BCUT2D eigenvalue weighted by Crippen LogP contribution is -2.28. The molecule has 7 nitrogen and oxygen atoms in total. The standard InChI is InChI=1S/C22H22F2N2O5/c1-29-16-6-4-15(5-7-16)19-13-26-21(31-19)11-10-20(28)25-12-18(27)14-2-8-17(9-3-14)30-22(23)24/h2-9,13,18,22,27H,10-12H2,1H3,(H,25,28). The maximum absolute atomic E-state index is 12.2. The van der Waals surface area contributed by atoms with Crippen molar-refractivity contribution in [3.63, 3.8) is 0 Å². The molecule has 0 aliphatic carbocycles. The first-order chi connectivity index (χ1) is 14.9. The van der Waals surface area contributed by atoms with Crippen molar-refractivity contribution in [2.45, 2.75) is 25.6 Å². The van der Waals surface area contributed by atoms with Gasteiger partial charge in [-0.05, 0) is 42.0 Å². The summed E-state index contributed by atoms with van der Waals surface area (Å²) in [5.74, 6) is 1.47. The molecule has 31 heavy (non-hydrogen) atoms. The molecule has 0 aliphatic rings. The molecule has 9 heteroatoms. The minimum absolute atomic E-state index is 0.00468. The van der Waals surface area contributed by atoms with Crippen molar-refractivity contribution >= 4 is 5.91 Å². The Morgan fingerprint density at radius 1 is 1.13 bits per heavy atom. The highest BCUT2D eigenvalue weighted by Crippen LogP contribution is 2.23. The van der Waals surface area contributed by atoms with Crippen molar-refractivity contribution in [2.75, 3.05) is 13.7 Å². The zero-order valence-corrected chi connectivity index (χ0v) is 16.8. The zero-order chi connectivity index (χ0) is 22.2. The largest absolute Gasteiger partial charge is 0.497 e. The van der Waals surface area contributed by atoms with E-state index in [1.54, 1.807) is 13.3 Å². The monoisotopic (exact) mass is 432 g/mol. The first-order valence-corrected chi connectivity index (χ1v) is 9.53. The van der Waals surface area contributed by atoms with E-state index in [-0.39, 0.29) is 24.6 Å². The summed E-state index contributed by atoms with van der Waals surface area (Å²) in [5, 5.41) is 12.8. The number of oxazole rings is 1. The van der Waals surface area contributed by atoms with Gasteiger partial charge < -0.3 is 24.3 Å². The van der Waals surface area contributed by atoms with Gasteiger partial charge in [-0.2, -0.15) is 8.78 Å². The maximum atomic E-state index is 12.2. The lowest BCUT2D eigenvalue weighted by Gasteiger charge is -2.13. The number of aliphatic hydroxyl groups excluding tert-OH is 1. The van der Waals surface area contributed by atoms with Crippen molar-refractivity contribution in [2.24, 2.45) is 0 Å². The molecule has 0 saturated heterocycles. The van der Waals surface area contributed by atoms with E-state index in [1.165, 1.54) is 24.3 Å². The fourth-order valence-corrected chi connectivity index (χ4v) is 2.82. The third-order valence-electron chi connectivity index (χ3n) is 4.48. The summed E-state index contributed by atoms with van der Waals surface area (Å²) in [7, 11) is 1.59. The average Bonchev–Trinajstić information content (AvgIpc) is 3.25. The molecule has 3 aromatic rings. The molecular weight excluding hydrogens is 410 g/mol. The molecule has 2 aromatic carbocycles. The Bertz CT molecular complexity index is 974. The normalized spacial score (nSPS) is 11.9. The van der Waals surface area contributed by atoms with Gasteiger partial charge in [0.2, 0.25) is 5.91 Å². The van der Waals surface area contributed by atoms with E-state index in [9.17, 15) is 18.7 Å². The van der Waals surface area contributed by atoms with Gasteiger partial charge in [-0.1, -0.05) is 12.1 Å². The van der Waals surface area contributed by atoms with Crippen LogP contribution in [0.25, 0.3) is 11.3 Å². The molecule has 164 valence electrons. The number of methoxy groups -OCH3 is 1. The van der Waals surface area contributed by atoms with E-state index in [1.807, 2.05) is 24.3 Å². The van der Waals surface area contributed by atoms with Gasteiger partial charge >= 0.3 is 6.61 Å². The molecule has 2 N–H and O–H groups in total. The molecule has 0 fully saturated rings. The molecule has 0 aliphatic heterocycles. The van der Waals surface area contributed by atoms with Crippen molar-refractivity contribution < 1.29 is 32.6 Å². The summed E-state index contributed by atoms with van der Waals surface area (Å²) in [4.78, 5) is 16.3. The topological polar surface area (TPSA) is 93.8 Å². The summed E-state index contributed by atoms with van der Waals surface area (Å²) in [5.41, 5.74) is 1.32. The third-order valence-corrected chi connectivity index (χ3v) is 4.48. The second-order valence-corrected chi connectivity index (χ2v) is 6.61. The van der Waals surface area contributed by atoms with Gasteiger partial charge in [0.25, 0.3) is 0 Å². The lowest BCUT2D eigenvalue weighted by atomic mass is 10.1. The number of carbonyl (C=O) groups is 1. The number of alkyl halides is 2. The van der Waals surface area contributed by atoms with Gasteiger partial charge in [0, 0.05) is 24.9 Å². The third kappa shape index (κ3) is 6.51. The number of halogens is 2. The number of aryl methyl sites for hydroxylation is 1. The van der Waals surface area contributed by atoms with E-state index in [4.69, 9.17) is 9.15 Å². The predicted molar refractivity (Wildman–Crippen MR) is 108 cm³/mol. The molecule has 1 atom stereocenters. The molecular formula is C22H22F2N2O5. The van der Waals surface area contributed by atoms with Gasteiger partial charge in [-0.25, -0.2) is 4.98 Å². The number of carbonyl (C=O) groups excluding carboxylic acids is 1. The minimum atomic E-state index is -2.91. The average molecular weight is 432 g/mol. The van der Waals surface area contributed by atoms with Crippen LogP contribution in [0.2, 0.25) is 0 Å². The number of aliphatic hydroxyl groups is 1. The van der Waals surface area contributed by atoms with Crippen LogP contribution in [-0.2, 0) is 11.2 Å². The van der Waals surface area contributed by atoms with Gasteiger partial charge in [0.05, 0.1) is 19.4 Å². The smallest absolute Gasteiger partial charge is 0.387 e. The molecule has 1 amide bonds. The highest BCUT2D eigenvalue weighted by atomic mass is 19.3. The number of amides is 1. The number of aromatic nitrogens is 1. The first kappa shape index (κ1) is 22.2. The number of hydrogen-bond donors (Lipinski definition) is 2. The van der Waals surface area contributed by atoms with Crippen LogP contribution < -0.4 is 14.8 Å². The van der Waals surface area contributed by atoms with Crippen LogP contribution in [0.4, 0.5) is 8.78 Å². The van der Waals surface area contributed by atoms with Crippen molar-refractivity contribution in [3.8, 4) is 22.8 Å².